The van der Waals surface area contributed by atoms with E-state index in [-0.39, 0.29) is 30.1 Å². The highest BCUT2D eigenvalue weighted by molar-refractivity contribution is 5.79. The third-order valence-electron chi connectivity index (χ3n) is 4.06. The summed E-state index contributed by atoms with van der Waals surface area (Å²) in [7, 11) is 0. The molecule has 1 heterocycles. The number of hydrogen-bond acceptors (Lipinski definition) is 4. The topological polar surface area (TPSA) is 84.3 Å². The lowest BCUT2D eigenvalue weighted by Gasteiger charge is -2.36. The van der Waals surface area contributed by atoms with Crippen LogP contribution in [0.1, 0.15) is 25.8 Å². The van der Waals surface area contributed by atoms with E-state index in [1.807, 2.05) is 0 Å². The SMILES string of the molecule is CC1CCNC(C)C1NC(=O)Cc1ccc([N+](=O)[O-])cc1. The Labute approximate surface area is 124 Å². The van der Waals surface area contributed by atoms with Gasteiger partial charge in [0.1, 0.15) is 0 Å². The van der Waals surface area contributed by atoms with Gasteiger partial charge in [-0.1, -0.05) is 19.1 Å². The Morgan fingerprint density at radius 2 is 2.05 bits per heavy atom. The molecule has 6 heteroatoms. The molecule has 3 atom stereocenters. The van der Waals surface area contributed by atoms with E-state index >= 15 is 0 Å². The number of benzene rings is 1. The number of non-ortho nitro benzene ring substituents is 1. The molecule has 21 heavy (non-hydrogen) atoms. The van der Waals surface area contributed by atoms with Crippen molar-refractivity contribution in [2.45, 2.75) is 38.8 Å². The second-order valence-corrected chi connectivity index (χ2v) is 5.70. The minimum Gasteiger partial charge on any atom is -0.351 e. The van der Waals surface area contributed by atoms with E-state index in [1.165, 1.54) is 12.1 Å². The summed E-state index contributed by atoms with van der Waals surface area (Å²) in [5.41, 5.74) is 0.819. The lowest BCUT2D eigenvalue weighted by molar-refractivity contribution is -0.384. The van der Waals surface area contributed by atoms with Crippen LogP contribution in [0.25, 0.3) is 0 Å². The number of nitro benzene ring substituents is 1. The fourth-order valence-corrected chi connectivity index (χ4v) is 2.76. The number of nitro groups is 1. The van der Waals surface area contributed by atoms with Crippen LogP contribution in [0.4, 0.5) is 5.69 Å². The molecule has 0 radical (unpaired) electrons. The van der Waals surface area contributed by atoms with E-state index in [0.29, 0.717) is 5.92 Å². The average molecular weight is 291 g/mol. The highest BCUT2D eigenvalue weighted by Crippen LogP contribution is 2.17. The van der Waals surface area contributed by atoms with Gasteiger partial charge in [-0.2, -0.15) is 0 Å². The molecule has 6 nitrogen and oxygen atoms in total. The Morgan fingerprint density at radius 3 is 2.62 bits per heavy atom. The van der Waals surface area contributed by atoms with Crippen LogP contribution in [0.2, 0.25) is 0 Å². The first-order chi connectivity index (χ1) is 9.97. The first-order valence-corrected chi connectivity index (χ1v) is 7.23. The number of carbonyl (C=O) groups is 1. The number of amides is 1. The van der Waals surface area contributed by atoms with Crippen LogP contribution in [0.5, 0.6) is 0 Å². The van der Waals surface area contributed by atoms with Crippen LogP contribution in [0.15, 0.2) is 24.3 Å². The van der Waals surface area contributed by atoms with Crippen molar-refractivity contribution < 1.29 is 9.72 Å². The molecule has 3 unspecified atom stereocenters. The lowest BCUT2D eigenvalue weighted by Crippen LogP contribution is -2.56. The number of piperidine rings is 1. The van der Waals surface area contributed by atoms with Crippen LogP contribution < -0.4 is 10.6 Å². The molecule has 0 aromatic heterocycles. The molecular formula is C15H21N3O3. The van der Waals surface area contributed by atoms with Gasteiger partial charge in [0.2, 0.25) is 5.91 Å². The molecule has 0 saturated carbocycles. The second-order valence-electron chi connectivity index (χ2n) is 5.70. The van der Waals surface area contributed by atoms with Crippen molar-refractivity contribution in [1.29, 1.82) is 0 Å². The van der Waals surface area contributed by atoms with Crippen molar-refractivity contribution in [2.75, 3.05) is 6.54 Å². The van der Waals surface area contributed by atoms with Crippen molar-refractivity contribution in [3.05, 3.63) is 39.9 Å². The molecule has 2 N–H and O–H groups in total. The number of carbonyl (C=O) groups excluding carboxylic acids is 1. The molecular weight excluding hydrogens is 270 g/mol. The second kappa shape index (κ2) is 6.67. The molecule has 1 saturated heterocycles. The molecule has 0 bridgehead atoms. The molecule has 0 aliphatic carbocycles. The van der Waals surface area contributed by atoms with Gasteiger partial charge in [-0.05, 0) is 31.4 Å². The van der Waals surface area contributed by atoms with Crippen molar-refractivity contribution >= 4 is 11.6 Å². The zero-order valence-electron chi connectivity index (χ0n) is 12.3. The van der Waals surface area contributed by atoms with Crippen LogP contribution in [-0.4, -0.2) is 29.5 Å². The van der Waals surface area contributed by atoms with Crippen molar-refractivity contribution in [3.63, 3.8) is 0 Å². The van der Waals surface area contributed by atoms with Gasteiger partial charge in [0, 0.05) is 24.2 Å². The Hall–Kier alpha value is -1.95. The van der Waals surface area contributed by atoms with E-state index in [1.54, 1.807) is 12.1 Å². The number of hydrogen-bond donors (Lipinski definition) is 2. The van der Waals surface area contributed by atoms with Gasteiger partial charge < -0.3 is 10.6 Å². The number of nitrogens with one attached hydrogen (secondary N) is 2. The van der Waals surface area contributed by atoms with E-state index in [9.17, 15) is 14.9 Å². The fourth-order valence-electron chi connectivity index (χ4n) is 2.76. The molecule has 1 aliphatic heterocycles. The normalized spacial score (nSPS) is 25.3. The summed E-state index contributed by atoms with van der Waals surface area (Å²) < 4.78 is 0. The highest BCUT2D eigenvalue weighted by Gasteiger charge is 2.28. The van der Waals surface area contributed by atoms with Gasteiger partial charge in [0.25, 0.3) is 5.69 Å². The molecule has 0 spiro atoms. The summed E-state index contributed by atoms with van der Waals surface area (Å²) in [5, 5.41) is 17.0. The lowest BCUT2D eigenvalue weighted by atomic mass is 9.89. The quantitative estimate of drug-likeness (QED) is 0.652. The maximum Gasteiger partial charge on any atom is 0.269 e. The fraction of sp³-hybridized carbons (Fsp3) is 0.533. The third-order valence-corrected chi connectivity index (χ3v) is 4.06. The standard InChI is InChI=1S/C15H21N3O3/c1-10-7-8-16-11(2)15(10)17-14(19)9-12-3-5-13(6-4-12)18(20)21/h3-6,10-11,15-16H,7-9H2,1-2H3,(H,17,19). The van der Waals surface area contributed by atoms with Crippen molar-refractivity contribution in [2.24, 2.45) is 5.92 Å². The Bertz CT molecular complexity index is 505. The molecule has 1 aliphatic rings. The summed E-state index contributed by atoms with van der Waals surface area (Å²) in [6.07, 6.45) is 1.29. The van der Waals surface area contributed by atoms with Gasteiger partial charge >= 0.3 is 0 Å². The van der Waals surface area contributed by atoms with E-state index in [0.717, 1.165) is 18.5 Å². The van der Waals surface area contributed by atoms with Crippen LogP contribution in [-0.2, 0) is 11.2 Å². The first-order valence-electron chi connectivity index (χ1n) is 7.23. The molecule has 1 fully saturated rings. The van der Waals surface area contributed by atoms with Crippen molar-refractivity contribution in [1.82, 2.24) is 10.6 Å². The van der Waals surface area contributed by atoms with Crippen molar-refractivity contribution in [3.8, 4) is 0 Å². The minimum absolute atomic E-state index is 0.0397. The van der Waals surface area contributed by atoms with Gasteiger partial charge in [-0.25, -0.2) is 0 Å². The number of rotatable bonds is 4. The van der Waals surface area contributed by atoms with E-state index in [2.05, 4.69) is 24.5 Å². The minimum atomic E-state index is -0.444. The average Bonchev–Trinajstić information content (AvgIpc) is 2.43. The van der Waals surface area contributed by atoms with E-state index < -0.39 is 4.92 Å². The zero-order chi connectivity index (χ0) is 15.4. The first kappa shape index (κ1) is 15.4. The Balaban J connectivity index is 1.93. The van der Waals surface area contributed by atoms with Crippen LogP contribution in [0.3, 0.4) is 0 Å². The van der Waals surface area contributed by atoms with E-state index in [4.69, 9.17) is 0 Å². The Morgan fingerprint density at radius 1 is 1.38 bits per heavy atom. The predicted octanol–water partition coefficient (Wildman–Crippen LogP) is 1.64. The Kier molecular flexibility index (Phi) is 4.90. The molecule has 114 valence electrons. The largest absolute Gasteiger partial charge is 0.351 e. The molecule has 1 aromatic rings. The van der Waals surface area contributed by atoms with Gasteiger partial charge in [-0.3, -0.25) is 14.9 Å². The summed E-state index contributed by atoms with van der Waals surface area (Å²) in [6, 6.07) is 6.50. The number of nitrogens with zero attached hydrogens (tertiary/aromatic N) is 1. The van der Waals surface area contributed by atoms with Gasteiger partial charge in [0.15, 0.2) is 0 Å². The molecule has 2 rings (SSSR count). The molecule has 1 amide bonds. The summed E-state index contributed by atoms with van der Waals surface area (Å²) in [6.45, 7) is 5.21. The summed E-state index contributed by atoms with van der Waals surface area (Å²) in [5.74, 6) is 0.401. The molecule has 1 aromatic carbocycles. The van der Waals surface area contributed by atoms with Crippen LogP contribution in [0, 0.1) is 16.0 Å². The highest BCUT2D eigenvalue weighted by atomic mass is 16.6. The maximum atomic E-state index is 12.1. The zero-order valence-corrected chi connectivity index (χ0v) is 12.3. The van der Waals surface area contributed by atoms with Crippen LogP contribution >= 0.6 is 0 Å². The smallest absolute Gasteiger partial charge is 0.269 e. The van der Waals surface area contributed by atoms with Gasteiger partial charge in [-0.15, -0.1) is 0 Å². The summed E-state index contributed by atoms with van der Waals surface area (Å²) in [4.78, 5) is 22.3. The van der Waals surface area contributed by atoms with Gasteiger partial charge in [0.05, 0.1) is 11.3 Å². The monoisotopic (exact) mass is 291 g/mol. The third kappa shape index (κ3) is 4.01. The summed E-state index contributed by atoms with van der Waals surface area (Å²) >= 11 is 0. The maximum absolute atomic E-state index is 12.1. The predicted molar refractivity (Wildman–Crippen MR) is 80.0 cm³/mol.